The topological polar surface area (TPSA) is 114 Å². The maximum Gasteiger partial charge on any atom is 0.410 e. The van der Waals surface area contributed by atoms with Gasteiger partial charge in [0.2, 0.25) is 5.88 Å². The number of hydrogen-bond donors (Lipinski definition) is 1. The van der Waals surface area contributed by atoms with E-state index in [0.29, 0.717) is 22.8 Å². The van der Waals surface area contributed by atoms with E-state index >= 15 is 0 Å². The molecule has 6 rings (SSSR count). The van der Waals surface area contributed by atoms with E-state index in [0.717, 1.165) is 66.8 Å². The van der Waals surface area contributed by atoms with E-state index in [1.165, 1.54) is 0 Å². The van der Waals surface area contributed by atoms with Crippen LogP contribution in [0.4, 0.5) is 16.3 Å². The maximum atomic E-state index is 13.6. The van der Waals surface area contributed by atoms with Gasteiger partial charge in [0.1, 0.15) is 5.60 Å². The van der Waals surface area contributed by atoms with Gasteiger partial charge in [-0.15, -0.1) is 5.10 Å². The summed E-state index contributed by atoms with van der Waals surface area (Å²) in [6.45, 7) is 11.1. The summed E-state index contributed by atoms with van der Waals surface area (Å²) >= 11 is 0. The highest BCUT2D eigenvalue weighted by atomic mass is 16.6. The number of nitrogens with zero attached hydrogens (tertiary/aromatic N) is 6. The summed E-state index contributed by atoms with van der Waals surface area (Å²) in [7, 11) is 1.56. The monoisotopic (exact) mass is 585 g/mol. The van der Waals surface area contributed by atoms with Crippen molar-refractivity contribution >= 4 is 40.1 Å². The van der Waals surface area contributed by atoms with Crippen molar-refractivity contribution in [1.29, 1.82) is 0 Å². The van der Waals surface area contributed by atoms with Crippen LogP contribution in [-0.2, 0) is 4.74 Å². The molecule has 3 aromatic heterocycles. The predicted molar refractivity (Wildman–Crippen MR) is 165 cm³/mol. The quantitative estimate of drug-likeness (QED) is 0.315. The van der Waals surface area contributed by atoms with Crippen LogP contribution in [0.5, 0.6) is 5.88 Å². The number of piperidine rings is 1. The second-order valence-electron chi connectivity index (χ2n) is 12.5. The Bertz CT molecular complexity index is 1700. The summed E-state index contributed by atoms with van der Waals surface area (Å²) in [5.74, 6) is 0.551. The van der Waals surface area contributed by atoms with Gasteiger partial charge in [-0.05, 0) is 90.1 Å². The zero-order chi connectivity index (χ0) is 30.5. The molecule has 43 heavy (non-hydrogen) atoms. The van der Waals surface area contributed by atoms with E-state index in [-0.39, 0.29) is 24.1 Å². The lowest BCUT2D eigenvalue weighted by molar-refractivity contribution is 0.0114. The average molecular weight is 586 g/mol. The number of ether oxygens (including phenoxy) is 2. The fourth-order valence-electron chi connectivity index (χ4n) is 5.90. The molecule has 1 saturated heterocycles. The van der Waals surface area contributed by atoms with E-state index in [9.17, 15) is 9.59 Å². The van der Waals surface area contributed by atoms with Crippen LogP contribution in [-0.4, -0.2) is 74.4 Å². The molecule has 0 spiro atoms. The van der Waals surface area contributed by atoms with Crippen LogP contribution in [0.3, 0.4) is 0 Å². The molecule has 226 valence electrons. The lowest BCUT2D eigenvalue weighted by atomic mass is 10.00. The largest absolute Gasteiger partial charge is 0.481 e. The van der Waals surface area contributed by atoms with Crippen LogP contribution in [0, 0.1) is 13.8 Å². The first-order valence-electron chi connectivity index (χ1n) is 14.9. The lowest BCUT2D eigenvalue weighted by Gasteiger charge is -2.40. The minimum Gasteiger partial charge on any atom is -0.481 e. The highest BCUT2D eigenvalue weighted by Gasteiger charge is 2.41. The fraction of sp³-hybridized carbons (Fsp3) is 0.469. The molecule has 2 amide bonds. The van der Waals surface area contributed by atoms with E-state index in [4.69, 9.17) is 14.5 Å². The molecule has 1 N–H and O–H groups in total. The Balaban J connectivity index is 1.25. The van der Waals surface area contributed by atoms with Crippen molar-refractivity contribution in [2.24, 2.45) is 0 Å². The molecule has 11 heteroatoms. The molecule has 11 nitrogen and oxygen atoms in total. The number of imidazole rings is 1. The molecule has 1 aliphatic heterocycles. The molecular weight excluding hydrogens is 546 g/mol. The second-order valence-corrected chi connectivity index (χ2v) is 12.5. The summed E-state index contributed by atoms with van der Waals surface area (Å²) in [5, 5.41) is 8.34. The Morgan fingerprint density at radius 1 is 1.00 bits per heavy atom. The number of carbonyl (C=O) groups excluding carboxylic acids is 2. The standard InChI is InChI=1S/C32H39N7O4/c1-19-17-26(36-38-18-20(2)33-29(19)38)34-30(40)24-9-11-25(23-10-12-27(42-6)35-28(23)24)37-15-13-22(14-16-37)39(21-7-8-21)31(41)43-32(3,4)5/h9-12,17-18,21-22H,7-8,13-16H2,1-6H3,(H,34,36,40). The number of benzene rings is 1. The van der Waals surface area contributed by atoms with Crippen LogP contribution in [0.1, 0.15) is 68.1 Å². The number of carbonyl (C=O) groups is 2. The molecule has 0 bridgehead atoms. The molecule has 0 unspecified atom stereocenters. The molecule has 4 aromatic rings. The molecule has 2 fully saturated rings. The number of aromatic nitrogens is 4. The Hall–Kier alpha value is -4.41. The highest BCUT2D eigenvalue weighted by Crippen LogP contribution is 2.36. The van der Waals surface area contributed by atoms with Gasteiger partial charge in [0, 0.05) is 42.3 Å². The van der Waals surface area contributed by atoms with Crippen molar-refractivity contribution < 1.29 is 19.1 Å². The molecule has 4 heterocycles. The SMILES string of the molecule is COc1ccc2c(N3CCC(N(C(=O)OC(C)(C)C)C4CC4)CC3)ccc(C(=O)Nc3cc(C)c4nc(C)cn4n3)c2n1. The molecular formula is C32H39N7O4. The van der Waals surface area contributed by atoms with E-state index in [1.54, 1.807) is 11.6 Å². The van der Waals surface area contributed by atoms with Crippen LogP contribution < -0.4 is 15.0 Å². The van der Waals surface area contributed by atoms with Crippen molar-refractivity contribution in [2.45, 2.75) is 78.0 Å². The number of methoxy groups -OCH3 is 1. The first kappa shape index (κ1) is 28.7. The van der Waals surface area contributed by atoms with Gasteiger partial charge in [-0.2, -0.15) is 0 Å². The summed E-state index contributed by atoms with van der Waals surface area (Å²) in [6.07, 6.45) is 5.36. The van der Waals surface area contributed by atoms with Crippen molar-refractivity contribution in [3.8, 4) is 5.88 Å². The number of pyridine rings is 1. The normalized spacial score (nSPS) is 16.0. The average Bonchev–Trinajstić information content (AvgIpc) is 3.71. The summed E-state index contributed by atoms with van der Waals surface area (Å²) in [6, 6.07) is 9.81. The number of nitrogens with one attached hydrogen (secondary N) is 1. The number of rotatable bonds is 6. The molecule has 1 aliphatic carbocycles. The number of fused-ring (bicyclic) bond motifs is 2. The van der Waals surface area contributed by atoms with Crippen LogP contribution in [0.2, 0.25) is 0 Å². The summed E-state index contributed by atoms with van der Waals surface area (Å²) < 4.78 is 12.9. The van der Waals surface area contributed by atoms with Crippen molar-refractivity contribution in [3.05, 3.63) is 53.3 Å². The minimum absolute atomic E-state index is 0.140. The third-order valence-corrected chi connectivity index (χ3v) is 7.98. The van der Waals surface area contributed by atoms with Gasteiger partial charge in [0.25, 0.3) is 5.91 Å². The van der Waals surface area contributed by atoms with Gasteiger partial charge in [0.05, 0.1) is 30.1 Å². The van der Waals surface area contributed by atoms with Crippen molar-refractivity contribution in [3.63, 3.8) is 0 Å². The fourth-order valence-corrected chi connectivity index (χ4v) is 5.90. The van der Waals surface area contributed by atoms with E-state index < -0.39 is 5.60 Å². The Kier molecular flexibility index (Phi) is 7.35. The van der Waals surface area contributed by atoms with Crippen LogP contribution in [0.15, 0.2) is 36.5 Å². The van der Waals surface area contributed by atoms with Crippen LogP contribution in [0.25, 0.3) is 16.6 Å². The first-order chi connectivity index (χ1) is 20.5. The lowest BCUT2D eigenvalue weighted by Crippen LogP contribution is -2.50. The number of anilines is 2. The second kappa shape index (κ2) is 11.0. The maximum absolute atomic E-state index is 13.6. The Labute approximate surface area is 251 Å². The first-order valence-corrected chi connectivity index (χ1v) is 14.9. The minimum atomic E-state index is -0.522. The van der Waals surface area contributed by atoms with E-state index in [2.05, 4.69) is 20.3 Å². The van der Waals surface area contributed by atoms with Gasteiger partial charge in [-0.3, -0.25) is 4.79 Å². The van der Waals surface area contributed by atoms with Crippen molar-refractivity contribution in [1.82, 2.24) is 24.5 Å². The number of hydrogen-bond acceptors (Lipinski definition) is 8. The molecule has 2 aliphatic rings. The van der Waals surface area contributed by atoms with Gasteiger partial charge in [0.15, 0.2) is 11.5 Å². The van der Waals surface area contributed by atoms with Gasteiger partial charge >= 0.3 is 6.09 Å². The number of amides is 2. The van der Waals surface area contributed by atoms with Crippen LogP contribution >= 0.6 is 0 Å². The zero-order valence-electron chi connectivity index (χ0n) is 25.7. The van der Waals surface area contributed by atoms with Crippen molar-refractivity contribution in [2.75, 3.05) is 30.4 Å². The Morgan fingerprint density at radius 2 is 1.72 bits per heavy atom. The molecule has 1 saturated carbocycles. The number of aryl methyl sites for hydroxylation is 2. The van der Waals surface area contributed by atoms with Gasteiger partial charge in [-0.1, -0.05) is 0 Å². The smallest absolute Gasteiger partial charge is 0.410 e. The van der Waals surface area contributed by atoms with Gasteiger partial charge in [-0.25, -0.2) is 19.3 Å². The molecule has 0 radical (unpaired) electrons. The molecule has 1 aromatic carbocycles. The third kappa shape index (κ3) is 5.93. The summed E-state index contributed by atoms with van der Waals surface area (Å²) in [5.41, 5.74) is 3.98. The third-order valence-electron chi connectivity index (χ3n) is 7.98. The van der Waals surface area contributed by atoms with E-state index in [1.807, 2.05) is 76.0 Å². The van der Waals surface area contributed by atoms with Gasteiger partial charge < -0.3 is 24.6 Å². The zero-order valence-corrected chi connectivity index (χ0v) is 25.7. The Morgan fingerprint density at radius 3 is 2.40 bits per heavy atom. The predicted octanol–water partition coefficient (Wildman–Crippen LogP) is 5.52. The summed E-state index contributed by atoms with van der Waals surface area (Å²) in [4.78, 5) is 40.2. The molecule has 0 atom stereocenters. The highest BCUT2D eigenvalue weighted by molar-refractivity contribution is 6.13.